The normalized spacial score (nSPS) is 22.4. The third kappa shape index (κ3) is 3.48. The molecular weight excluding hydrogens is 369 g/mol. The van der Waals surface area contributed by atoms with Gasteiger partial charge in [-0.15, -0.1) is 0 Å². The van der Waals surface area contributed by atoms with Gasteiger partial charge in [-0.2, -0.15) is 15.2 Å². The Labute approximate surface area is 161 Å². The van der Waals surface area contributed by atoms with Crippen molar-refractivity contribution in [2.75, 3.05) is 49.6 Å². The molecule has 1 unspecified atom stereocenters. The number of rotatable bonds is 5. The van der Waals surface area contributed by atoms with E-state index in [1.165, 1.54) is 22.3 Å². The first-order valence-electron chi connectivity index (χ1n) is 8.86. The lowest BCUT2D eigenvalue weighted by Gasteiger charge is -2.27. The first-order chi connectivity index (χ1) is 13.5. The Bertz CT molecular complexity index is 833. The smallest absolute Gasteiger partial charge is 0.414 e. The van der Waals surface area contributed by atoms with E-state index in [-0.39, 0.29) is 6.10 Å². The van der Waals surface area contributed by atoms with Gasteiger partial charge in [-0.3, -0.25) is 9.69 Å². The lowest BCUT2D eigenvalue weighted by atomic mass is 10.2. The molecular formula is C17H20FN7O3. The highest BCUT2D eigenvalue weighted by atomic mass is 19.1. The quantitative estimate of drug-likeness (QED) is 0.683. The fourth-order valence-electron chi connectivity index (χ4n) is 3.31. The summed E-state index contributed by atoms with van der Waals surface area (Å²) >= 11 is 0. The van der Waals surface area contributed by atoms with Crippen molar-refractivity contribution in [2.24, 2.45) is 10.2 Å². The molecule has 1 atom stereocenters. The fraction of sp³-hybridized carbons (Fsp3) is 0.412. The van der Waals surface area contributed by atoms with Crippen LogP contribution in [0.1, 0.15) is 0 Å². The van der Waals surface area contributed by atoms with E-state index in [9.17, 15) is 14.0 Å². The molecule has 10 nitrogen and oxygen atoms in total. The van der Waals surface area contributed by atoms with Gasteiger partial charge in [0.05, 0.1) is 37.6 Å². The van der Waals surface area contributed by atoms with Crippen LogP contribution in [0.4, 0.5) is 20.6 Å². The van der Waals surface area contributed by atoms with Gasteiger partial charge in [-0.05, 0) is 18.2 Å². The number of hydrogen-bond donors (Lipinski definition) is 0. The zero-order valence-electron chi connectivity index (χ0n) is 15.3. The number of halogens is 1. The molecule has 28 heavy (non-hydrogen) atoms. The summed E-state index contributed by atoms with van der Waals surface area (Å²) in [6.45, 7) is 2.30. The number of anilines is 2. The molecule has 0 saturated carbocycles. The Kier molecular flexibility index (Phi) is 4.82. The van der Waals surface area contributed by atoms with Crippen LogP contribution in [0.2, 0.25) is 0 Å². The van der Waals surface area contributed by atoms with Crippen molar-refractivity contribution >= 4 is 36.4 Å². The second-order valence-corrected chi connectivity index (χ2v) is 6.60. The Morgan fingerprint density at radius 3 is 2.82 bits per heavy atom. The van der Waals surface area contributed by atoms with Crippen LogP contribution < -0.4 is 9.80 Å². The van der Waals surface area contributed by atoms with Gasteiger partial charge in [-0.25, -0.2) is 19.3 Å². The number of nitrogens with zero attached hydrogens (tertiary/aromatic N) is 7. The number of hydrazine groups is 1. The van der Waals surface area contributed by atoms with Gasteiger partial charge in [0.25, 0.3) is 0 Å². The molecule has 3 aliphatic heterocycles. The van der Waals surface area contributed by atoms with Gasteiger partial charge in [0.2, 0.25) is 6.41 Å². The molecule has 4 rings (SSSR count). The SMILES string of the molecule is CN1N=CCN1CC1CN(c2ccc(N3C=NN(C=O)CC3)c(F)c2)C(=O)O1. The standard InChI is InChI=1S/C17H20FN7O3/c1-21-19-4-5-24(21)9-14-10-25(17(27)28-14)13-2-3-16(15(18)8-13)22-6-7-23(12-26)20-11-22/h2-4,8,11-12,14H,5-7,9-10H2,1H3. The Morgan fingerprint density at radius 1 is 1.32 bits per heavy atom. The molecule has 1 fully saturated rings. The molecule has 1 aromatic rings. The topological polar surface area (TPSA) is 84.3 Å². The summed E-state index contributed by atoms with van der Waals surface area (Å²) < 4.78 is 20.1. The van der Waals surface area contributed by atoms with E-state index in [0.29, 0.717) is 50.5 Å². The highest BCUT2D eigenvalue weighted by molar-refractivity contribution is 5.90. The van der Waals surface area contributed by atoms with Gasteiger partial charge in [0, 0.05) is 19.8 Å². The molecule has 0 N–H and O–H groups in total. The van der Waals surface area contributed by atoms with Crippen molar-refractivity contribution < 1.29 is 18.7 Å². The minimum Gasteiger partial charge on any atom is -0.442 e. The molecule has 0 aromatic heterocycles. The number of benzene rings is 1. The van der Waals surface area contributed by atoms with Crippen molar-refractivity contribution in [3.63, 3.8) is 0 Å². The fourth-order valence-corrected chi connectivity index (χ4v) is 3.31. The van der Waals surface area contributed by atoms with E-state index < -0.39 is 11.9 Å². The largest absolute Gasteiger partial charge is 0.442 e. The number of amides is 2. The van der Waals surface area contributed by atoms with Crippen LogP contribution in [0.15, 0.2) is 28.4 Å². The van der Waals surface area contributed by atoms with Gasteiger partial charge < -0.3 is 9.64 Å². The average Bonchev–Trinajstić information content (AvgIpc) is 3.27. The van der Waals surface area contributed by atoms with Crippen LogP contribution >= 0.6 is 0 Å². The molecule has 1 saturated heterocycles. The highest BCUT2D eigenvalue weighted by Crippen LogP contribution is 2.28. The number of hydrazone groups is 2. The summed E-state index contributed by atoms with van der Waals surface area (Å²) in [5, 5.41) is 12.9. The van der Waals surface area contributed by atoms with Crippen molar-refractivity contribution in [3.05, 3.63) is 24.0 Å². The lowest BCUT2D eigenvalue weighted by Crippen LogP contribution is -2.40. The van der Waals surface area contributed by atoms with Crippen LogP contribution in [-0.2, 0) is 9.53 Å². The summed E-state index contributed by atoms with van der Waals surface area (Å²) in [6, 6.07) is 4.58. The second-order valence-electron chi connectivity index (χ2n) is 6.60. The number of ether oxygens (including phenoxy) is 1. The zero-order chi connectivity index (χ0) is 19.7. The van der Waals surface area contributed by atoms with Gasteiger partial charge >= 0.3 is 6.09 Å². The minimum absolute atomic E-state index is 0.331. The van der Waals surface area contributed by atoms with E-state index in [2.05, 4.69) is 10.2 Å². The van der Waals surface area contributed by atoms with Gasteiger partial charge in [-0.1, -0.05) is 0 Å². The maximum Gasteiger partial charge on any atom is 0.414 e. The highest BCUT2D eigenvalue weighted by Gasteiger charge is 2.35. The summed E-state index contributed by atoms with van der Waals surface area (Å²) in [5.41, 5.74) is 0.765. The Balaban J connectivity index is 1.44. The predicted molar refractivity (Wildman–Crippen MR) is 100 cm³/mol. The maximum absolute atomic E-state index is 14.7. The van der Waals surface area contributed by atoms with E-state index in [1.807, 2.05) is 12.1 Å². The maximum atomic E-state index is 14.7. The average molecular weight is 389 g/mol. The minimum atomic E-state index is -0.499. The Hall–Kier alpha value is -3.21. The molecule has 148 valence electrons. The molecule has 3 aliphatic rings. The van der Waals surface area contributed by atoms with Gasteiger partial charge in [0.15, 0.2) is 0 Å². The zero-order valence-corrected chi connectivity index (χ0v) is 15.3. The second kappa shape index (κ2) is 7.43. The molecule has 0 aliphatic carbocycles. The molecule has 1 aromatic carbocycles. The monoisotopic (exact) mass is 389 g/mol. The molecule has 0 bridgehead atoms. The van der Waals surface area contributed by atoms with Crippen molar-refractivity contribution in [1.82, 2.24) is 15.1 Å². The molecule has 11 heteroatoms. The lowest BCUT2D eigenvalue weighted by molar-refractivity contribution is -0.118. The third-order valence-corrected chi connectivity index (χ3v) is 4.82. The van der Waals surface area contributed by atoms with E-state index in [4.69, 9.17) is 4.74 Å². The van der Waals surface area contributed by atoms with Crippen molar-refractivity contribution in [3.8, 4) is 0 Å². The number of carbonyl (C=O) groups is 2. The molecule has 0 spiro atoms. The van der Waals surface area contributed by atoms with Crippen molar-refractivity contribution in [2.45, 2.75) is 6.10 Å². The van der Waals surface area contributed by atoms with Crippen LogP contribution in [0.3, 0.4) is 0 Å². The first-order valence-corrected chi connectivity index (χ1v) is 8.86. The van der Waals surface area contributed by atoms with Crippen molar-refractivity contribution in [1.29, 1.82) is 0 Å². The third-order valence-electron chi connectivity index (χ3n) is 4.82. The molecule has 0 radical (unpaired) electrons. The summed E-state index contributed by atoms with van der Waals surface area (Å²) in [6.07, 6.45) is 2.98. The van der Waals surface area contributed by atoms with Crippen LogP contribution in [0.25, 0.3) is 0 Å². The predicted octanol–water partition coefficient (Wildman–Crippen LogP) is 0.521. The van der Waals surface area contributed by atoms with E-state index in [0.717, 1.165) is 0 Å². The number of cyclic esters (lactones) is 1. The number of carbonyl (C=O) groups excluding carboxylic acids is 2. The van der Waals surface area contributed by atoms with Crippen LogP contribution in [0.5, 0.6) is 0 Å². The number of hydrogen-bond acceptors (Lipinski definition) is 8. The van der Waals surface area contributed by atoms with Crippen LogP contribution in [-0.4, -0.2) is 86.1 Å². The Morgan fingerprint density at radius 2 is 2.18 bits per heavy atom. The van der Waals surface area contributed by atoms with Gasteiger partial charge in [0.1, 0.15) is 18.3 Å². The summed E-state index contributed by atoms with van der Waals surface area (Å²) in [7, 11) is 1.82. The summed E-state index contributed by atoms with van der Waals surface area (Å²) in [4.78, 5) is 26.0. The van der Waals surface area contributed by atoms with E-state index >= 15 is 0 Å². The summed E-state index contributed by atoms with van der Waals surface area (Å²) in [5.74, 6) is -0.479. The first kappa shape index (κ1) is 18.2. The van der Waals surface area contributed by atoms with E-state index in [1.54, 1.807) is 28.4 Å². The van der Waals surface area contributed by atoms with Crippen LogP contribution in [0, 0.1) is 5.82 Å². The molecule has 3 heterocycles. The molecule has 2 amide bonds.